The standard InChI is InChI=1S/C31H43B2N/c1-20(2)30(32,21(3)4)27-16-26(17-28(19-27)31(33,22(5)6)23(7)8)25-14-15-34-29(18-25)24-12-10-9-11-13-24/h9-23H,32-33H2,1-8H3. The van der Waals surface area contributed by atoms with Crippen molar-refractivity contribution >= 4 is 15.7 Å². The van der Waals surface area contributed by atoms with Crippen LogP contribution >= 0.6 is 0 Å². The zero-order valence-electron chi connectivity index (χ0n) is 23.1. The van der Waals surface area contributed by atoms with Crippen LogP contribution in [0.5, 0.6) is 0 Å². The number of hydrogen-bond donors (Lipinski definition) is 0. The highest BCUT2D eigenvalue weighted by Crippen LogP contribution is 2.43. The van der Waals surface area contributed by atoms with E-state index >= 15 is 0 Å². The third-order valence-electron chi connectivity index (χ3n) is 9.14. The van der Waals surface area contributed by atoms with Crippen LogP contribution in [0.1, 0.15) is 66.5 Å². The first-order valence-electron chi connectivity index (χ1n) is 13.1. The first kappa shape index (κ1) is 26.3. The van der Waals surface area contributed by atoms with E-state index in [0.29, 0.717) is 23.7 Å². The van der Waals surface area contributed by atoms with Gasteiger partial charge in [-0.2, -0.15) is 0 Å². The Bertz CT molecular complexity index is 1040. The van der Waals surface area contributed by atoms with Crippen molar-refractivity contribution in [2.75, 3.05) is 0 Å². The van der Waals surface area contributed by atoms with E-state index < -0.39 is 0 Å². The van der Waals surface area contributed by atoms with E-state index in [9.17, 15) is 0 Å². The number of rotatable bonds is 8. The number of benzene rings is 2. The number of aromatic nitrogens is 1. The SMILES string of the molecule is BC(c1cc(-c2ccnc(-c3ccccc3)c2)cc(C(B)(C(C)C)C(C)C)c1)(C(C)C)C(C)C. The summed E-state index contributed by atoms with van der Waals surface area (Å²) in [4.78, 5) is 4.69. The van der Waals surface area contributed by atoms with Gasteiger partial charge in [0, 0.05) is 11.8 Å². The fourth-order valence-corrected chi connectivity index (χ4v) is 5.46. The molecule has 0 N–H and O–H groups in total. The Balaban J connectivity index is 2.30. The minimum Gasteiger partial charge on any atom is -0.256 e. The molecule has 1 aromatic heterocycles. The minimum atomic E-state index is 0.0922. The van der Waals surface area contributed by atoms with Gasteiger partial charge in [0.25, 0.3) is 0 Å². The van der Waals surface area contributed by atoms with Gasteiger partial charge in [-0.25, -0.2) is 0 Å². The zero-order valence-corrected chi connectivity index (χ0v) is 23.1. The molecule has 0 fully saturated rings. The van der Waals surface area contributed by atoms with Crippen LogP contribution in [-0.2, 0) is 10.6 Å². The highest BCUT2D eigenvalue weighted by molar-refractivity contribution is 6.17. The number of hydrogen-bond acceptors (Lipinski definition) is 1. The van der Waals surface area contributed by atoms with E-state index in [1.165, 1.54) is 22.3 Å². The molecule has 0 aliphatic carbocycles. The lowest BCUT2D eigenvalue weighted by Crippen LogP contribution is -2.41. The predicted octanol–water partition coefficient (Wildman–Crippen LogP) is 6.70. The maximum absolute atomic E-state index is 4.69. The average Bonchev–Trinajstić information content (AvgIpc) is 2.82. The van der Waals surface area contributed by atoms with Crippen molar-refractivity contribution in [2.45, 2.75) is 66.0 Å². The molecule has 0 bridgehead atoms. The van der Waals surface area contributed by atoms with Crippen LogP contribution in [0, 0.1) is 23.7 Å². The number of nitrogens with zero attached hydrogens (tertiary/aromatic N) is 1. The highest BCUT2D eigenvalue weighted by Gasteiger charge is 2.38. The summed E-state index contributed by atoms with van der Waals surface area (Å²) in [5.41, 5.74) is 7.63. The minimum absolute atomic E-state index is 0.0922. The zero-order chi connectivity index (χ0) is 25.3. The third-order valence-corrected chi connectivity index (χ3v) is 9.14. The Labute approximate surface area is 210 Å². The molecule has 0 saturated carbocycles. The van der Waals surface area contributed by atoms with Gasteiger partial charge in [0.15, 0.2) is 0 Å². The normalized spacial score (nSPS) is 12.8. The molecule has 0 amide bonds. The van der Waals surface area contributed by atoms with E-state index in [2.05, 4.69) is 132 Å². The maximum Gasteiger partial charge on any atom is 0.115 e. The van der Waals surface area contributed by atoms with Crippen molar-refractivity contribution in [3.05, 3.63) is 78.0 Å². The Hall–Kier alpha value is -2.28. The summed E-state index contributed by atoms with van der Waals surface area (Å²) >= 11 is 0. The molecule has 0 spiro atoms. The molecule has 0 saturated heterocycles. The predicted molar refractivity (Wildman–Crippen MR) is 155 cm³/mol. The largest absolute Gasteiger partial charge is 0.256 e. The molecule has 2 aromatic carbocycles. The fourth-order valence-electron chi connectivity index (χ4n) is 5.46. The second-order valence-corrected chi connectivity index (χ2v) is 11.8. The molecule has 0 aliphatic rings. The first-order valence-corrected chi connectivity index (χ1v) is 13.1. The summed E-state index contributed by atoms with van der Waals surface area (Å²) in [5, 5.41) is 0.184. The van der Waals surface area contributed by atoms with Crippen molar-refractivity contribution in [2.24, 2.45) is 23.7 Å². The average molecular weight is 451 g/mol. The van der Waals surface area contributed by atoms with Gasteiger partial charge in [0.1, 0.15) is 15.7 Å². The van der Waals surface area contributed by atoms with Crippen molar-refractivity contribution in [1.29, 1.82) is 0 Å². The van der Waals surface area contributed by atoms with Crippen LogP contribution in [0.25, 0.3) is 22.4 Å². The van der Waals surface area contributed by atoms with Crippen LogP contribution in [-0.4, -0.2) is 20.7 Å². The molecule has 0 radical (unpaired) electrons. The summed E-state index contributed by atoms with van der Waals surface area (Å²) in [6.07, 6.45) is 1.96. The summed E-state index contributed by atoms with van der Waals surface area (Å²) < 4.78 is 0. The molecule has 3 heteroatoms. The van der Waals surface area contributed by atoms with E-state index in [4.69, 9.17) is 4.98 Å². The van der Waals surface area contributed by atoms with Crippen LogP contribution < -0.4 is 0 Å². The molecular weight excluding hydrogens is 408 g/mol. The lowest BCUT2D eigenvalue weighted by molar-refractivity contribution is 0.321. The maximum atomic E-state index is 4.69. The summed E-state index contributed by atoms with van der Waals surface area (Å²) in [5.74, 6) is 2.16. The van der Waals surface area contributed by atoms with Gasteiger partial charge < -0.3 is 0 Å². The second-order valence-electron chi connectivity index (χ2n) is 11.8. The lowest BCUT2D eigenvalue weighted by atomic mass is 9.49. The van der Waals surface area contributed by atoms with Gasteiger partial charge in [0.2, 0.25) is 0 Å². The Morgan fingerprint density at radius 2 is 1.03 bits per heavy atom. The van der Waals surface area contributed by atoms with E-state index in [1.54, 1.807) is 0 Å². The van der Waals surface area contributed by atoms with Crippen LogP contribution in [0.4, 0.5) is 0 Å². The van der Waals surface area contributed by atoms with E-state index in [-0.39, 0.29) is 10.6 Å². The summed E-state index contributed by atoms with van der Waals surface area (Å²) in [6, 6.07) is 22.3. The van der Waals surface area contributed by atoms with Crippen LogP contribution in [0.3, 0.4) is 0 Å². The summed E-state index contributed by atoms with van der Waals surface area (Å²) in [6.45, 7) is 19.0. The van der Waals surface area contributed by atoms with Crippen molar-refractivity contribution in [3.8, 4) is 22.4 Å². The molecule has 3 rings (SSSR count). The summed E-state index contributed by atoms with van der Waals surface area (Å²) in [7, 11) is 4.91. The topological polar surface area (TPSA) is 12.9 Å². The Morgan fingerprint density at radius 3 is 1.47 bits per heavy atom. The Kier molecular flexibility index (Phi) is 7.85. The van der Waals surface area contributed by atoms with Gasteiger partial charge in [-0.3, -0.25) is 4.98 Å². The molecule has 1 heterocycles. The second kappa shape index (κ2) is 10.1. The molecule has 0 aliphatic heterocycles. The molecule has 178 valence electrons. The lowest BCUT2D eigenvalue weighted by Gasteiger charge is -2.43. The van der Waals surface area contributed by atoms with E-state index in [0.717, 1.165) is 11.3 Å². The van der Waals surface area contributed by atoms with Gasteiger partial charge >= 0.3 is 0 Å². The van der Waals surface area contributed by atoms with Gasteiger partial charge in [-0.15, -0.1) is 0 Å². The smallest absolute Gasteiger partial charge is 0.115 e. The van der Waals surface area contributed by atoms with Gasteiger partial charge in [-0.05, 0) is 68.7 Å². The molecule has 0 unspecified atom stereocenters. The quantitative estimate of drug-likeness (QED) is 0.348. The third kappa shape index (κ3) is 4.77. The molecule has 0 atom stereocenters. The van der Waals surface area contributed by atoms with Crippen molar-refractivity contribution in [1.82, 2.24) is 4.98 Å². The molecule has 3 aromatic rings. The van der Waals surface area contributed by atoms with Crippen LogP contribution in [0.2, 0.25) is 0 Å². The number of pyridine rings is 1. The molecule has 34 heavy (non-hydrogen) atoms. The molecular formula is C31H43B2N. The van der Waals surface area contributed by atoms with Gasteiger partial charge in [0.05, 0.1) is 5.69 Å². The van der Waals surface area contributed by atoms with Crippen LogP contribution in [0.15, 0.2) is 66.9 Å². The van der Waals surface area contributed by atoms with E-state index in [1.807, 2.05) is 6.20 Å². The first-order chi connectivity index (χ1) is 15.9. The molecule has 1 nitrogen and oxygen atoms in total. The van der Waals surface area contributed by atoms with Crippen molar-refractivity contribution in [3.63, 3.8) is 0 Å². The van der Waals surface area contributed by atoms with Gasteiger partial charge in [-0.1, -0.05) is 104 Å². The Morgan fingerprint density at radius 1 is 0.559 bits per heavy atom. The highest BCUT2D eigenvalue weighted by atomic mass is 14.7. The van der Waals surface area contributed by atoms with Crippen molar-refractivity contribution < 1.29 is 0 Å². The monoisotopic (exact) mass is 451 g/mol. The fraction of sp³-hybridized carbons (Fsp3) is 0.452.